The molecule has 3 heteroatoms. The van der Waals surface area contributed by atoms with Crippen LogP contribution in [-0.4, -0.2) is 17.6 Å². The molecule has 1 aromatic rings. The molecule has 0 amide bonds. The van der Waals surface area contributed by atoms with Crippen LogP contribution in [0.3, 0.4) is 0 Å². The fraction of sp³-hybridized carbons (Fsp3) is 0.615. The molecule has 0 aliphatic rings. The Balaban J connectivity index is 2.78. The highest BCUT2D eigenvalue weighted by molar-refractivity contribution is 5.46. The average molecular weight is 221 g/mol. The van der Waals surface area contributed by atoms with Crippen LogP contribution in [0.25, 0.3) is 0 Å². The highest BCUT2D eigenvalue weighted by atomic mass is 15.2. The fourth-order valence-corrected chi connectivity index (χ4v) is 1.68. The minimum atomic E-state index is 0.530. The van der Waals surface area contributed by atoms with Crippen LogP contribution in [0.15, 0.2) is 18.3 Å². The van der Waals surface area contributed by atoms with Gasteiger partial charge in [-0.15, -0.1) is 0 Å². The third-order valence-electron chi connectivity index (χ3n) is 2.94. The topological polar surface area (TPSA) is 42.1 Å². The summed E-state index contributed by atoms with van der Waals surface area (Å²) >= 11 is 0. The van der Waals surface area contributed by atoms with E-state index in [2.05, 4.69) is 30.7 Å². The largest absolute Gasteiger partial charge is 0.397 e. The Morgan fingerprint density at radius 2 is 2.12 bits per heavy atom. The molecule has 0 fully saturated rings. The van der Waals surface area contributed by atoms with Crippen molar-refractivity contribution in [1.29, 1.82) is 0 Å². The van der Waals surface area contributed by atoms with Crippen molar-refractivity contribution in [3.8, 4) is 0 Å². The Hall–Kier alpha value is -1.25. The number of aromatic nitrogens is 1. The zero-order valence-electron chi connectivity index (χ0n) is 10.6. The molecule has 0 saturated carbocycles. The van der Waals surface area contributed by atoms with Gasteiger partial charge in [0.2, 0.25) is 0 Å². The van der Waals surface area contributed by atoms with Crippen LogP contribution < -0.4 is 10.6 Å². The maximum Gasteiger partial charge on any atom is 0.128 e. The summed E-state index contributed by atoms with van der Waals surface area (Å²) < 4.78 is 0. The van der Waals surface area contributed by atoms with Gasteiger partial charge in [0.05, 0.1) is 11.9 Å². The Morgan fingerprint density at radius 3 is 2.62 bits per heavy atom. The van der Waals surface area contributed by atoms with E-state index in [0.717, 1.165) is 24.5 Å². The minimum absolute atomic E-state index is 0.530. The van der Waals surface area contributed by atoms with Crippen molar-refractivity contribution in [2.24, 2.45) is 0 Å². The maximum absolute atomic E-state index is 5.65. The van der Waals surface area contributed by atoms with E-state index in [4.69, 9.17) is 5.73 Å². The van der Waals surface area contributed by atoms with Gasteiger partial charge < -0.3 is 10.6 Å². The van der Waals surface area contributed by atoms with Crippen molar-refractivity contribution in [1.82, 2.24) is 4.98 Å². The van der Waals surface area contributed by atoms with E-state index in [9.17, 15) is 0 Å². The lowest BCUT2D eigenvalue weighted by Crippen LogP contribution is -2.34. The van der Waals surface area contributed by atoms with E-state index in [1.807, 2.05) is 12.1 Å². The molecular formula is C13H23N3. The van der Waals surface area contributed by atoms with Crippen LogP contribution in [0.4, 0.5) is 11.5 Å². The SMILES string of the molecule is CCCCN(c1ccc(N)cn1)C(C)CC. The molecule has 0 aromatic carbocycles. The van der Waals surface area contributed by atoms with Crippen LogP contribution in [-0.2, 0) is 0 Å². The Labute approximate surface area is 98.7 Å². The third-order valence-corrected chi connectivity index (χ3v) is 2.94. The monoisotopic (exact) mass is 221 g/mol. The number of unbranched alkanes of at least 4 members (excludes halogenated alkanes) is 1. The van der Waals surface area contributed by atoms with E-state index in [1.165, 1.54) is 12.8 Å². The van der Waals surface area contributed by atoms with Crippen LogP contribution in [0.5, 0.6) is 0 Å². The fourth-order valence-electron chi connectivity index (χ4n) is 1.68. The van der Waals surface area contributed by atoms with Crippen molar-refractivity contribution in [2.45, 2.75) is 46.1 Å². The summed E-state index contributed by atoms with van der Waals surface area (Å²) in [6.45, 7) is 7.74. The Bertz CT molecular complexity index is 295. The summed E-state index contributed by atoms with van der Waals surface area (Å²) in [6, 6.07) is 4.46. The van der Waals surface area contributed by atoms with E-state index < -0.39 is 0 Å². The molecule has 90 valence electrons. The normalized spacial score (nSPS) is 12.4. The molecule has 16 heavy (non-hydrogen) atoms. The molecule has 0 aliphatic carbocycles. The standard InChI is InChI=1S/C13H23N3/c1-4-6-9-16(11(3)5-2)13-8-7-12(14)10-15-13/h7-8,10-11H,4-6,9,14H2,1-3H3. The van der Waals surface area contributed by atoms with Crippen molar-refractivity contribution >= 4 is 11.5 Å². The number of nitrogens with two attached hydrogens (primary N) is 1. The van der Waals surface area contributed by atoms with Crippen molar-refractivity contribution in [3.05, 3.63) is 18.3 Å². The summed E-state index contributed by atoms with van der Waals surface area (Å²) in [5, 5.41) is 0. The van der Waals surface area contributed by atoms with Gasteiger partial charge in [-0.25, -0.2) is 4.98 Å². The van der Waals surface area contributed by atoms with Gasteiger partial charge in [-0.05, 0) is 31.9 Å². The smallest absolute Gasteiger partial charge is 0.128 e. The summed E-state index contributed by atoms with van der Waals surface area (Å²) in [4.78, 5) is 6.77. The van der Waals surface area contributed by atoms with Gasteiger partial charge in [0.1, 0.15) is 5.82 Å². The van der Waals surface area contributed by atoms with Gasteiger partial charge in [0, 0.05) is 12.6 Å². The summed E-state index contributed by atoms with van der Waals surface area (Å²) in [5.41, 5.74) is 6.38. The van der Waals surface area contributed by atoms with Gasteiger partial charge in [-0.1, -0.05) is 20.3 Å². The summed E-state index contributed by atoms with van der Waals surface area (Å²) in [6.07, 6.45) is 5.28. The minimum Gasteiger partial charge on any atom is -0.397 e. The molecule has 0 radical (unpaired) electrons. The lowest BCUT2D eigenvalue weighted by Gasteiger charge is -2.29. The second-order valence-electron chi connectivity index (χ2n) is 4.25. The number of rotatable bonds is 6. The number of nitrogens with zero attached hydrogens (tertiary/aromatic N) is 2. The quantitative estimate of drug-likeness (QED) is 0.802. The first-order chi connectivity index (χ1) is 7.69. The van der Waals surface area contributed by atoms with Crippen molar-refractivity contribution in [3.63, 3.8) is 0 Å². The second-order valence-corrected chi connectivity index (χ2v) is 4.25. The molecule has 0 spiro atoms. The van der Waals surface area contributed by atoms with E-state index in [-0.39, 0.29) is 0 Å². The highest BCUT2D eigenvalue weighted by Gasteiger charge is 2.13. The molecule has 0 saturated heterocycles. The van der Waals surface area contributed by atoms with Crippen LogP contribution in [0.2, 0.25) is 0 Å². The predicted octanol–water partition coefficient (Wildman–Crippen LogP) is 3.07. The number of hydrogen-bond acceptors (Lipinski definition) is 3. The summed E-state index contributed by atoms with van der Waals surface area (Å²) in [5.74, 6) is 1.04. The molecule has 0 bridgehead atoms. The molecule has 2 N–H and O–H groups in total. The maximum atomic E-state index is 5.65. The van der Waals surface area contributed by atoms with Crippen molar-refractivity contribution in [2.75, 3.05) is 17.2 Å². The van der Waals surface area contributed by atoms with E-state index >= 15 is 0 Å². The Kier molecular flexibility index (Phi) is 5.09. The van der Waals surface area contributed by atoms with Crippen LogP contribution >= 0.6 is 0 Å². The lowest BCUT2D eigenvalue weighted by molar-refractivity contribution is 0.590. The predicted molar refractivity (Wildman–Crippen MR) is 70.7 cm³/mol. The average Bonchev–Trinajstić information content (AvgIpc) is 2.31. The molecule has 1 atom stereocenters. The lowest BCUT2D eigenvalue weighted by atomic mass is 10.2. The first-order valence-electron chi connectivity index (χ1n) is 6.17. The molecule has 1 unspecified atom stereocenters. The number of hydrogen-bond donors (Lipinski definition) is 1. The zero-order valence-corrected chi connectivity index (χ0v) is 10.6. The molecule has 1 rings (SSSR count). The number of nitrogen functional groups attached to an aromatic ring is 1. The van der Waals surface area contributed by atoms with Gasteiger partial charge in [-0.3, -0.25) is 0 Å². The number of pyridine rings is 1. The van der Waals surface area contributed by atoms with Gasteiger partial charge in [0.25, 0.3) is 0 Å². The van der Waals surface area contributed by atoms with Gasteiger partial charge >= 0.3 is 0 Å². The van der Waals surface area contributed by atoms with Crippen LogP contribution in [0, 0.1) is 0 Å². The molecule has 1 heterocycles. The molecule has 0 aliphatic heterocycles. The summed E-state index contributed by atoms with van der Waals surface area (Å²) in [7, 11) is 0. The van der Waals surface area contributed by atoms with E-state index in [0.29, 0.717) is 6.04 Å². The zero-order chi connectivity index (χ0) is 12.0. The van der Waals surface area contributed by atoms with Gasteiger partial charge in [0.15, 0.2) is 0 Å². The first kappa shape index (κ1) is 12.8. The highest BCUT2D eigenvalue weighted by Crippen LogP contribution is 2.17. The molecular weight excluding hydrogens is 198 g/mol. The second kappa shape index (κ2) is 6.36. The third kappa shape index (κ3) is 3.40. The molecule has 1 aromatic heterocycles. The Morgan fingerprint density at radius 1 is 1.38 bits per heavy atom. The first-order valence-corrected chi connectivity index (χ1v) is 6.17. The van der Waals surface area contributed by atoms with Gasteiger partial charge in [-0.2, -0.15) is 0 Å². The van der Waals surface area contributed by atoms with Crippen molar-refractivity contribution < 1.29 is 0 Å². The van der Waals surface area contributed by atoms with Crippen LogP contribution in [0.1, 0.15) is 40.0 Å². The van der Waals surface area contributed by atoms with E-state index in [1.54, 1.807) is 6.20 Å². The number of anilines is 2. The molecule has 3 nitrogen and oxygen atoms in total.